The molecule has 0 radical (unpaired) electrons. The Morgan fingerprint density at radius 1 is 1.30 bits per heavy atom. The van der Waals surface area contributed by atoms with Crippen molar-refractivity contribution in [2.24, 2.45) is 5.92 Å². The molecule has 1 saturated heterocycles. The highest BCUT2D eigenvalue weighted by molar-refractivity contribution is 6.30. The van der Waals surface area contributed by atoms with Crippen LogP contribution in [0.5, 0.6) is 0 Å². The average Bonchev–Trinajstić information content (AvgIpc) is 2.66. The number of benzene rings is 1. The number of piperidine rings is 1. The molecule has 1 aliphatic heterocycles. The van der Waals surface area contributed by atoms with E-state index in [4.69, 9.17) is 16.3 Å². The third kappa shape index (κ3) is 4.69. The van der Waals surface area contributed by atoms with E-state index in [1.807, 2.05) is 43.0 Å². The van der Waals surface area contributed by atoms with Gasteiger partial charge in [0.1, 0.15) is 0 Å². The van der Waals surface area contributed by atoms with E-state index in [0.717, 1.165) is 11.3 Å². The number of H-pyrrole nitrogens is 1. The number of esters is 1. The molecule has 2 aromatic rings. The molecule has 0 saturated carbocycles. The highest BCUT2D eigenvalue weighted by Crippen LogP contribution is 2.22. The number of carbonyl (C=O) groups is 1. The first-order valence-electron chi connectivity index (χ1n) is 9.23. The van der Waals surface area contributed by atoms with Gasteiger partial charge in [0.15, 0.2) is 0 Å². The minimum Gasteiger partial charge on any atom is -0.466 e. The van der Waals surface area contributed by atoms with E-state index in [1.54, 1.807) is 0 Å². The molecule has 0 spiro atoms. The molecule has 0 unspecified atom stereocenters. The summed E-state index contributed by atoms with van der Waals surface area (Å²) < 4.78 is 5.10. The number of aromatic nitrogens is 2. The van der Waals surface area contributed by atoms with Crippen molar-refractivity contribution in [3.63, 3.8) is 0 Å². The van der Waals surface area contributed by atoms with Crippen molar-refractivity contribution in [2.75, 3.05) is 24.6 Å². The summed E-state index contributed by atoms with van der Waals surface area (Å²) in [5, 5.41) is 0.670. The molecule has 7 heteroatoms. The quantitative estimate of drug-likeness (QED) is 0.795. The highest BCUT2D eigenvalue weighted by atomic mass is 35.5. The van der Waals surface area contributed by atoms with Gasteiger partial charge in [-0.3, -0.25) is 14.6 Å². The third-order valence-electron chi connectivity index (χ3n) is 4.92. The number of anilines is 1. The number of nitrogens with zero attached hydrogens (tertiary/aromatic N) is 2. The largest absolute Gasteiger partial charge is 0.466 e. The number of aromatic amines is 1. The molecule has 6 nitrogen and oxygen atoms in total. The monoisotopic (exact) mass is 389 g/mol. The van der Waals surface area contributed by atoms with Crippen LogP contribution in [0.2, 0.25) is 5.02 Å². The summed E-state index contributed by atoms with van der Waals surface area (Å²) in [5.74, 6) is 0.367. The van der Waals surface area contributed by atoms with Crippen molar-refractivity contribution in [3.8, 4) is 0 Å². The molecule has 144 valence electrons. The van der Waals surface area contributed by atoms with Crippen LogP contribution >= 0.6 is 11.6 Å². The fourth-order valence-electron chi connectivity index (χ4n) is 3.35. The van der Waals surface area contributed by atoms with Crippen molar-refractivity contribution in [3.05, 3.63) is 56.5 Å². The Labute approximate surface area is 163 Å². The van der Waals surface area contributed by atoms with Crippen LogP contribution in [0.15, 0.2) is 29.1 Å². The summed E-state index contributed by atoms with van der Waals surface area (Å²) in [5.41, 5.74) is 2.26. The summed E-state index contributed by atoms with van der Waals surface area (Å²) in [6.07, 6.45) is 1.92. The van der Waals surface area contributed by atoms with Crippen LogP contribution in [0.1, 0.15) is 36.6 Å². The predicted octanol–water partition coefficient (Wildman–Crippen LogP) is 3.10. The van der Waals surface area contributed by atoms with E-state index in [1.165, 1.54) is 0 Å². The van der Waals surface area contributed by atoms with E-state index in [9.17, 15) is 9.59 Å². The number of ether oxygens (including phenoxy) is 1. The number of hydrogen-bond donors (Lipinski definition) is 1. The molecule has 0 atom stereocenters. The van der Waals surface area contributed by atoms with Gasteiger partial charge in [-0.05, 0) is 44.4 Å². The van der Waals surface area contributed by atoms with Crippen molar-refractivity contribution in [1.29, 1.82) is 0 Å². The zero-order valence-corrected chi connectivity index (χ0v) is 16.4. The summed E-state index contributed by atoms with van der Waals surface area (Å²) in [4.78, 5) is 34.0. The van der Waals surface area contributed by atoms with Gasteiger partial charge in [-0.15, -0.1) is 0 Å². The molecule has 1 aromatic carbocycles. The Morgan fingerprint density at radius 2 is 1.96 bits per heavy atom. The minimum atomic E-state index is -0.131. The zero-order chi connectivity index (χ0) is 19.4. The number of aryl methyl sites for hydroxylation is 1. The molecule has 1 aliphatic rings. The van der Waals surface area contributed by atoms with E-state index < -0.39 is 0 Å². The van der Waals surface area contributed by atoms with Gasteiger partial charge >= 0.3 is 5.97 Å². The van der Waals surface area contributed by atoms with Gasteiger partial charge < -0.3 is 9.64 Å². The van der Waals surface area contributed by atoms with Gasteiger partial charge in [0.05, 0.1) is 18.2 Å². The second-order valence-corrected chi connectivity index (χ2v) is 7.21. The topological polar surface area (TPSA) is 75.3 Å². The first-order valence-corrected chi connectivity index (χ1v) is 9.61. The predicted molar refractivity (Wildman–Crippen MR) is 105 cm³/mol. The maximum absolute atomic E-state index is 12.6. The van der Waals surface area contributed by atoms with E-state index in [-0.39, 0.29) is 17.4 Å². The smallest absolute Gasteiger partial charge is 0.309 e. The average molecular weight is 390 g/mol. The van der Waals surface area contributed by atoms with Crippen LogP contribution in [-0.2, 0) is 16.0 Å². The minimum absolute atomic E-state index is 0.0711. The van der Waals surface area contributed by atoms with Gasteiger partial charge in [-0.25, -0.2) is 4.98 Å². The third-order valence-corrected chi connectivity index (χ3v) is 5.17. The summed E-state index contributed by atoms with van der Waals surface area (Å²) in [6, 6.07) is 7.45. The normalized spacial score (nSPS) is 15.0. The number of nitrogens with one attached hydrogen (secondary N) is 1. The summed E-state index contributed by atoms with van der Waals surface area (Å²) in [7, 11) is 0. The van der Waals surface area contributed by atoms with E-state index in [2.05, 4.69) is 9.97 Å². The lowest BCUT2D eigenvalue weighted by Crippen LogP contribution is -2.39. The molecule has 1 N–H and O–H groups in total. The van der Waals surface area contributed by atoms with Crippen LogP contribution in [0.3, 0.4) is 0 Å². The molecule has 1 fully saturated rings. The Balaban J connectivity index is 1.71. The lowest BCUT2D eigenvalue weighted by Gasteiger charge is -2.31. The van der Waals surface area contributed by atoms with Crippen LogP contribution in [0.25, 0.3) is 0 Å². The highest BCUT2D eigenvalue weighted by Gasteiger charge is 2.27. The Hall–Kier alpha value is -2.34. The van der Waals surface area contributed by atoms with Gasteiger partial charge in [-0.2, -0.15) is 0 Å². The van der Waals surface area contributed by atoms with Crippen molar-refractivity contribution < 1.29 is 9.53 Å². The number of carbonyl (C=O) groups excluding carboxylic acids is 1. The lowest BCUT2D eigenvalue weighted by atomic mass is 9.97. The maximum Gasteiger partial charge on any atom is 0.309 e. The SMILES string of the molecule is CCOC(=O)C1CCN(c2nc(C)c(Cc3ccc(Cl)cc3)c(=O)[nH]2)CC1. The molecule has 3 rings (SSSR count). The molecule has 0 aliphatic carbocycles. The molecule has 1 aromatic heterocycles. The molecule has 0 bridgehead atoms. The van der Waals surface area contributed by atoms with Crippen LogP contribution < -0.4 is 10.5 Å². The van der Waals surface area contributed by atoms with Gasteiger partial charge in [0.25, 0.3) is 5.56 Å². The lowest BCUT2D eigenvalue weighted by molar-refractivity contribution is -0.148. The number of hydrogen-bond acceptors (Lipinski definition) is 5. The van der Waals surface area contributed by atoms with Crippen LogP contribution in [0.4, 0.5) is 5.95 Å². The molecule has 2 heterocycles. The van der Waals surface area contributed by atoms with Crippen LogP contribution in [0, 0.1) is 12.8 Å². The van der Waals surface area contributed by atoms with Crippen LogP contribution in [-0.4, -0.2) is 35.6 Å². The van der Waals surface area contributed by atoms with E-state index >= 15 is 0 Å². The molecular formula is C20H24ClN3O3. The van der Waals surface area contributed by atoms with E-state index in [0.29, 0.717) is 55.5 Å². The second-order valence-electron chi connectivity index (χ2n) is 6.77. The van der Waals surface area contributed by atoms with Gasteiger partial charge in [0, 0.05) is 30.1 Å². The standard InChI is InChI=1S/C20H24ClN3O3/c1-3-27-19(26)15-8-10-24(11-9-15)20-22-13(2)17(18(25)23-20)12-14-4-6-16(21)7-5-14/h4-7,15H,3,8-12H2,1-2H3,(H,22,23,25). The zero-order valence-electron chi connectivity index (χ0n) is 15.6. The fourth-order valence-corrected chi connectivity index (χ4v) is 3.47. The fraction of sp³-hybridized carbons (Fsp3) is 0.450. The summed E-state index contributed by atoms with van der Waals surface area (Å²) >= 11 is 5.92. The van der Waals surface area contributed by atoms with Gasteiger partial charge in [0.2, 0.25) is 5.95 Å². The van der Waals surface area contributed by atoms with Crippen molar-refractivity contribution in [2.45, 2.75) is 33.1 Å². The molecular weight excluding hydrogens is 366 g/mol. The summed E-state index contributed by atoms with van der Waals surface area (Å²) in [6.45, 7) is 5.42. The number of halogens is 1. The van der Waals surface area contributed by atoms with Crippen molar-refractivity contribution >= 4 is 23.5 Å². The number of rotatable bonds is 5. The maximum atomic E-state index is 12.6. The van der Waals surface area contributed by atoms with Gasteiger partial charge in [-0.1, -0.05) is 23.7 Å². The first-order chi connectivity index (χ1) is 13.0. The Morgan fingerprint density at radius 3 is 2.56 bits per heavy atom. The van der Waals surface area contributed by atoms with Crippen molar-refractivity contribution in [1.82, 2.24) is 9.97 Å². The Kier molecular flexibility index (Phi) is 6.16. The Bertz CT molecular complexity index is 856. The molecule has 0 amide bonds. The second kappa shape index (κ2) is 8.57. The molecule has 27 heavy (non-hydrogen) atoms. The first kappa shape index (κ1) is 19.4.